The molecular weight excluding hydrogens is 118 g/mol. The summed E-state index contributed by atoms with van der Waals surface area (Å²) in [6.07, 6.45) is 2.01. The molecule has 0 aromatic heterocycles. The van der Waals surface area contributed by atoms with Gasteiger partial charge in [-0.25, -0.2) is 0 Å². The van der Waals surface area contributed by atoms with Crippen LogP contribution in [0.3, 0.4) is 0 Å². The maximum absolute atomic E-state index is 9.67. The Morgan fingerprint density at radius 1 is 1.89 bits per heavy atom. The first-order chi connectivity index (χ1) is 4.18. The van der Waals surface area contributed by atoms with E-state index in [2.05, 4.69) is 0 Å². The summed E-state index contributed by atoms with van der Waals surface area (Å²) in [7, 11) is 1.65. The summed E-state index contributed by atoms with van der Waals surface area (Å²) in [4.78, 5) is 11.1. The second kappa shape index (κ2) is 3.88. The Kier molecular flexibility index (Phi) is 3.43. The molecule has 3 N–H and O–H groups in total. The van der Waals surface area contributed by atoms with Gasteiger partial charge in [-0.05, 0) is 0 Å². The first-order valence-corrected chi connectivity index (χ1v) is 2.58. The molecule has 4 heteroatoms. The summed E-state index contributed by atoms with van der Waals surface area (Å²) in [5.41, 5.74) is 5.06. The predicted molar refractivity (Wildman–Crippen MR) is 34.9 cm³/mol. The molecule has 0 saturated heterocycles. The molecule has 0 aliphatic rings. The number of hydrogen-bond acceptors (Lipinski definition) is 2. The standard InChI is InChI=1S/C5H10N3O/c1-8(5(6)7)3-2-4-9/h2-3H2,1H3,(H3,6,7). The lowest BCUT2D eigenvalue weighted by Gasteiger charge is -2.13. The highest BCUT2D eigenvalue weighted by Gasteiger charge is 1.96. The van der Waals surface area contributed by atoms with Gasteiger partial charge in [0.2, 0.25) is 0 Å². The minimum Gasteiger partial charge on any atom is -0.370 e. The quantitative estimate of drug-likeness (QED) is 0.390. The molecular formula is C5H10N3O. The molecule has 0 spiro atoms. The average Bonchev–Trinajstić information content (AvgIpc) is 1.82. The Balaban J connectivity index is 3.37. The Hall–Kier alpha value is -1.06. The molecule has 51 valence electrons. The Bertz CT molecular complexity index is 113. The molecule has 0 saturated carbocycles. The van der Waals surface area contributed by atoms with Crippen LogP contribution in [0, 0.1) is 5.41 Å². The third kappa shape index (κ3) is 3.52. The lowest BCUT2D eigenvalue weighted by Crippen LogP contribution is -2.33. The van der Waals surface area contributed by atoms with Gasteiger partial charge < -0.3 is 10.6 Å². The van der Waals surface area contributed by atoms with Crippen LogP contribution in [0.15, 0.2) is 0 Å². The van der Waals surface area contributed by atoms with E-state index in [1.54, 1.807) is 13.3 Å². The highest BCUT2D eigenvalue weighted by molar-refractivity contribution is 5.74. The molecule has 0 aliphatic heterocycles. The van der Waals surface area contributed by atoms with Crippen molar-refractivity contribution in [1.82, 2.24) is 4.90 Å². The zero-order valence-electron chi connectivity index (χ0n) is 5.35. The molecule has 0 unspecified atom stereocenters. The first kappa shape index (κ1) is 7.94. The van der Waals surface area contributed by atoms with E-state index in [1.165, 1.54) is 4.90 Å². The molecule has 0 rings (SSSR count). The van der Waals surface area contributed by atoms with Crippen molar-refractivity contribution in [2.24, 2.45) is 5.73 Å². The molecule has 0 aromatic rings. The van der Waals surface area contributed by atoms with Gasteiger partial charge in [-0.15, -0.1) is 0 Å². The smallest absolute Gasteiger partial charge is 0.200 e. The van der Waals surface area contributed by atoms with Crippen LogP contribution in [0.25, 0.3) is 0 Å². The van der Waals surface area contributed by atoms with Crippen molar-refractivity contribution >= 4 is 12.2 Å². The zero-order valence-corrected chi connectivity index (χ0v) is 5.35. The average molecular weight is 128 g/mol. The molecule has 0 aliphatic carbocycles. The van der Waals surface area contributed by atoms with E-state index in [0.29, 0.717) is 13.0 Å². The number of nitrogens with one attached hydrogen (secondary N) is 1. The molecule has 0 amide bonds. The van der Waals surface area contributed by atoms with Crippen molar-refractivity contribution in [3.63, 3.8) is 0 Å². The van der Waals surface area contributed by atoms with Crippen LogP contribution < -0.4 is 5.73 Å². The van der Waals surface area contributed by atoms with E-state index in [-0.39, 0.29) is 5.96 Å². The molecule has 0 heterocycles. The van der Waals surface area contributed by atoms with Gasteiger partial charge in [0.05, 0.1) is 0 Å². The van der Waals surface area contributed by atoms with Gasteiger partial charge in [-0.2, -0.15) is 0 Å². The van der Waals surface area contributed by atoms with E-state index < -0.39 is 0 Å². The monoisotopic (exact) mass is 128 g/mol. The fraction of sp³-hybridized carbons (Fsp3) is 0.600. The fourth-order valence-electron chi connectivity index (χ4n) is 0.334. The SMILES string of the molecule is CN(CC[C]=O)C(=N)N. The van der Waals surface area contributed by atoms with Crippen molar-refractivity contribution in [2.75, 3.05) is 13.6 Å². The van der Waals surface area contributed by atoms with Gasteiger partial charge in [0.25, 0.3) is 0 Å². The van der Waals surface area contributed by atoms with Crippen molar-refractivity contribution in [3.8, 4) is 0 Å². The van der Waals surface area contributed by atoms with E-state index in [1.807, 2.05) is 0 Å². The fourth-order valence-corrected chi connectivity index (χ4v) is 0.334. The summed E-state index contributed by atoms with van der Waals surface area (Å²) in [5, 5.41) is 6.85. The number of carbonyl (C=O) groups excluding carboxylic acids is 1. The van der Waals surface area contributed by atoms with Gasteiger partial charge in [-0.3, -0.25) is 10.2 Å². The van der Waals surface area contributed by atoms with Crippen molar-refractivity contribution in [3.05, 3.63) is 0 Å². The zero-order chi connectivity index (χ0) is 7.28. The largest absolute Gasteiger partial charge is 0.370 e. The molecule has 0 bridgehead atoms. The normalized spacial score (nSPS) is 8.56. The highest BCUT2D eigenvalue weighted by atomic mass is 16.1. The first-order valence-electron chi connectivity index (χ1n) is 2.58. The molecule has 4 nitrogen and oxygen atoms in total. The van der Waals surface area contributed by atoms with Crippen LogP contribution in [0.5, 0.6) is 0 Å². The topological polar surface area (TPSA) is 70.2 Å². The molecule has 0 atom stereocenters. The maximum atomic E-state index is 9.67. The van der Waals surface area contributed by atoms with E-state index in [9.17, 15) is 4.79 Å². The number of hydrogen-bond donors (Lipinski definition) is 2. The van der Waals surface area contributed by atoms with Crippen LogP contribution >= 0.6 is 0 Å². The summed E-state index contributed by atoms with van der Waals surface area (Å²) < 4.78 is 0. The van der Waals surface area contributed by atoms with Crippen LogP contribution in [0.2, 0.25) is 0 Å². The lowest BCUT2D eigenvalue weighted by atomic mass is 10.4. The van der Waals surface area contributed by atoms with Gasteiger partial charge in [0.1, 0.15) is 0 Å². The van der Waals surface area contributed by atoms with Gasteiger partial charge in [0.15, 0.2) is 12.2 Å². The molecule has 0 fully saturated rings. The van der Waals surface area contributed by atoms with E-state index in [0.717, 1.165) is 0 Å². The molecule has 0 aromatic carbocycles. The minimum absolute atomic E-state index is 0.0229. The maximum Gasteiger partial charge on any atom is 0.200 e. The second-order valence-electron chi connectivity index (χ2n) is 1.70. The molecule has 1 radical (unpaired) electrons. The van der Waals surface area contributed by atoms with E-state index in [4.69, 9.17) is 11.1 Å². The number of nitrogens with zero attached hydrogens (tertiary/aromatic N) is 1. The summed E-state index contributed by atoms with van der Waals surface area (Å²) in [5.74, 6) is -0.0229. The molecule has 9 heavy (non-hydrogen) atoms. The number of nitrogens with two attached hydrogens (primary N) is 1. The number of guanidine groups is 1. The van der Waals surface area contributed by atoms with Crippen molar-refractivity contribution in [2.45, 2.75) is 6.42 Å². The Morgan fingerprint density at radius 2 is 2.44 bits per heavy atom. The van der Waals surface area contributed by atoms with Crippen molar-refractivity contribution < 1.29 is 4.79 Å². The predicted octanol–water partition coefficient (Wildman–Crippen LogP) is -0.689. The third-order valence-corrected chi connectivity index (χ3v) is 0.961. The lowest BCUT2D eigenvalue weighted by molar-refractivity contribution is 0.491. The van der Waals surface area contributed by atoms with Gasteiger partial charge >= 0.3 is 0 Å². The Morgan fingerprint density at radius 3 is 2.78 bits per heavy atom. The van der Waals surface area contributed by atoms with Crippen LogP contribution in [0.1, 0.15) is 6.42 Å². The summed E-state index contributed by atoms with van der Waals surface area (Å²) in [6.45, 7) is 0.471. The number of rotatable bonds is 3. The van der Waals surface area contributed by atoms with Gasteiger partial charge in [0, 0.05) is 20.0 Å². The second-order valence-corrected chi connectivity index (χ2v) is 1.70. The Labute approximate surface area is 54.1 Å². The van der Waals surface area contributed by atoms with E-state index >= 15 is 0 Å². The van der Waals surface area contributed by atoms with Gasteiger partial charge in [-0.1, -0.05) is 0 Å². The van der Waals surface area contributed by atoms with Crippen LogP contribution in [-0.4, -0.2) is 30.7 Å². The van der Waals surface area contributed by atoms with Crippen LogP contribution in [0.4, 0.5) is 0 Å². The summed E-state index contributed by atoms with van der Waals surface area (Å²) in [6, 6.07) is 0. The summed E-state index contributed by atoms with van der Waals surface area (Å²) >= 11 is 0. The highest BCUT2D eigenvalue weighted by Crippen LogP contribution is 1.80. The third-order valence-electron chi connectivity index (χ3n) is 0.961. The van der Waals surface area contributed by atoms with Crippen LogP contribution in [-0.2, 0) is 4.79 Å². The van der Waals surface area contributed by atoms with Crippen molar-refractivity contribution in [1.29, 1.82) is 5.41 Å². The minimum atomic E-state index is -0.0229.